The third-order valence-electron chi connectivity index (χ3n) is 5.44. The van der Waals surface area contributed by atoms with Crippen molar-refractivity contribution in [3.63, 3.8) is 0 Å². The molecule has 2 heterocycles. The van der Waals surface area contributed by atoms with Crippen LogP contribution in [0.3, 0.4) is 0 Å². The molecule has 0 amide bonds. The van der Waals surface area contributed by atoms with Gasteiger partial charge in [-0.15, -0.1) is 11.8 Å². The minimum atomic E-state index is -4.66. The molecule has 4 atom stereocenters. The smallest absolute Gasteiger partial charge is 0.388 e. The van der Waals surface area contributed by atoms with Gasteiger partial charge in [-0.3, -0.25) is 4.98 Å². The number of benzene rings is 2. The largest absolute Gasteiger partial charge is 0.434 e. The lowest BCUT2D eigenvalue weighted by molar-refractivity contribution is -0.141. The molecule has 3 aromatic rings. The predicted octanol–water partition coefficient (Wildman–Crippen LogP) is 4.16. The van der Waals surface area contributed by atoms with E-state index in [2.05, 4.69) is 15.3 Å². The number of nitrogens with one attached hydrogen (secondary N) is 1. The van der Waals surface area contributed by atoms with E-state index in [-0.39, 0.29) is 12.4 Å². The van der Waals surface area contributed by atoms with Gasteiger partial charge in [0.1, 0.15) is 24.1 Å². The molecular weight excluding hydrogens is 455 g/mol. The Kier molecular flexibility index (Phi) is 6.89. The van der Waals surface area contributed by atoms with E-state index in [0.717, 1.165) is 22.2 Å². The quantitative estimate of drug-likeness (QED) is 0.476. The standard InChI is InChI=1S/C23H22F3N3O3S/c1-33-16-8-6-14(7-9-16)13-2-4-15(5-3-13)22-20(21(31)17(30)12-32-22)29-19-11-27-10-18(28-19)23(24,25)26/h2-11,17,20-22,30-31H,12H2,1H3,(H,28,29)/t17-,20+,21-,22+/m0/s1. The Morgan fingerprint density at radius 3 is 2.24 bits per heavy atom. The van der Waals surface area contributed by atoms with Gasteiger partial charge >= 0.3 is 6.18 Å². The lowest BCUT2D eigenvalue weighted by Gasteiger charge is -2.39. The lowest BCUT2D eigenvalue weighted by atomic mass is 9.91. The van der Waals surface area contributed by atoms with Crippen LogP contribution in [0.15, 0.2) is 65.8 Å². The number of ether oxygens (including phenoxy) is 1. The normalized spacial score (nSPS) is 23.3. The van der Waals surface area contributed by atoms with Crippen LogP contribution >= 0.6 is 11.8 Å². The average molecular weight is 478 g/mol. The molecule has 4 rings (SSSR count). The maximum absolute atomic E-state index is 13.0. The number of aromatic nitrogens is 2. The van der Waals surface area contributed by atoms with E-state index in [4.69, 9.17) is 4.74 Å². The summed E-state index contributed by atoms with van der Waals surface area (Å²) in [6, 6.07) is 14.6. The highest BCUT2D eigenvalue weighted by Crippen LogP contribution is 2.33. The summed E-state index contributed by atoms with van der Waals surface area (Å²) in [7, 11) is 0. The van der Waals surface area contributed by atoms with Crippen LogP contribution in [0.25, 0.3) is 11.1 Å². The summed E-state index contributed by atoms with van der Waals surface area (Å²) in [5, 5.41) is 23.4. The van der Waals surface area contributed by atoms with Crippen molar-refractivity contribution >= 4 is 17.6 Å². The number of thioether (sulfide) groups is 1. The highest BCUT2D eigenvalue weighted by Gasteiger charge is 2.40. The fourth-order valence-electron chi connectivity index (χ4n) is 3.68. The Hall–Kier alpha value is -2.66. The second-order valence-corrected chi connectivity index (χ2v) is 8.50. The number of halogens is 3. The zero-order chi connectivity index (χ0) is 23.6. The Morgan fingerprint density at radius 2 is 1.64 bits per heavy atom. The van der Waals surface area contributed by atoms with Crippen LogP contribution in [0.1, 0.15) is 17.4 Å². The number of hydrogen-bond acceptors (Lipinski definition) is 7. The highest BCUT2D eigenvalue weighted by molar-refractivity contribution is 7.98. The van der Waals surface area contributed by atoms with Gasteiger partial charge in [-0.2, -0.15) is 13.2 Å². The third kappa shape index (κ3) is 5.30. The first-order chi connectivity index (χ1) is 15.8. The van der Waals surface area contributed by atoms with Crippen LogP contribution < -0.4 is 5.32 Å². The highest BCUT2D eigenvalue weighted by atomic mass is 32.2. The van der Waals surface area contributed by atoms with E-state index in [1.165, 1.54) is 0 Å². The number of anilines is 1. The molecule has 1 fully saturated rings. The van der Waals surface area contributed by atoms with Gasteiger partial charge in [0.15, 0.2) is 5.69 Å². The van der Waals surface area contributed by atoms with Crippen molar-refractivity contribution in [1.82, 2.24) is 9.97 Å². The summed E-state index contributed by atoms with van der Waals surface area (Å²) in [4.78, 5) is 8.29. The summed E-state index contributed by atoms with van der Waals surface area (Å²) in [5.74, 6) is -0.179. The number of alkyl halides is 3. The summed E-state index contributed by atoms with van der Waals surface area (Å²) in [5.41, 5.74) is 1.56. The Bertz CT molecular complexity index is 1080. The first-order valence-electron chi connectivity index (χ1n) is 10.1. The summed E-state index contributed by atoms with van der Waals surface area (Å²) >= 11 is 1.66. The molecule has 6 nitrogen and oxygen atoms in total. The van der Waals surface area contributed by atoms with Gasteiger partial charge in [0.2, 0.25) is 0 Å². The molecule has 33 heavy (non-hydrogen) atoms. The van der Waals surface area contributed by atoms with Gasteiger partial charge in [-0.05, 0) is 35.1 Å². The average Bonchev–Trinajstić information content (AvgIpc) is 2.82. The Balaban J connectivity index is 1.58. The van der Waals surface area contributed by atoms with Gasteiger partial charge in [0.05, 0.1) is 25.0 Å². The van der Waals surface area contributed by atoms with Gasteiger partial charge in [-0.25, -0.2) is 4.98 Å². The van der Waals surface area contributed by atoms with Gasteiger partial charge < -0.3 is 20.3 Å². The molecule has 3 N–H and O–H groups in total. The molecule has 0 saturated carbocycles. The number of rotatable bonds is 5. The van der Waals surface area contributed by atoms with Gasteiger partial charge in [-0.1, -0.05) is 36.4 Å². The van der Waals surface area contributed by atoms with Crippen LogP contribution in [0.4, 0.5) is 19.0 Å². The predicted molar refractivity (Wildman–Crippen MR) is 119 cm³/mol. The Morgan fingerprint density at radius 1 is 1.00 bits per heavy atom. The van der Waals surface area contributed by atoms with Crippen molar-refractivity contribution < 1.29 is 28.1 Å². The summed E-state index contributed by atoms with van der Waals surface area (Å²) < 4.78 is 44.8. The number of hydrogen-bond donors (Lipinski definition) is 3. The molecule has 0 spiro atoms. The summed E-state index contributed by atoms with van der Waals surface area (Å²) in [6.07, 6.45) is -4.13. The monoisotopic (exact) mass is 477 g/mol. The van der Waals surface area contributed by atoms with Crippen molar-refractivity contribution in [3.8, 4) is 11.1 Å². The second kappa shape index (κ2) is 9.68. The zero-order valence-electron chi connectivity index (χ0n) is 17.5. The van der Waals surface area contributed by atoms with Crippen molar-refractivity contribution in [2.24, 2.45) is 0 Å². The van der Waals surface area contributed by atoms with E-state index in [1.807, 2.05) is 54.8 Å². The van der Waals surface area contributed by atoms with Crippen molar-refractivity contribution in [2.75, 3.05) is 18.2 Å². The van der Waals surface area contributed by atoms with Crippen LogP contribution in [-0.4, -0.2) is 51.3 Å². The molecule has 1 aromatic heterocycles. The molecule has 1 aliphatic heterocycles. The number of aliphatic hydroxyl groups is 2. The van der Waals surface area contributed by atoms with Gasteiger partial charge in [0, 0.05) is 4.90 Å². The van der Waals surface area contributed by atoms with E-state index in [9.17, 15) is 23.4 Å². The van der Waals surface area contributed by atoms with E-state index in [0.29, 0.717) is 11.8 Å². The molecular formula is C23H22F3N3O3S. The second-order valence-electron chi connectivity index (χ2n) is 7.62. The van der Waals surface area contributed by atoms with Crippen LogP contribution in [0.2, 0.25) is 0 Å². The molecule has 1 saturated heterocycles. The molecule has 0 bridgehead atoms. The molecule has 0 radical (unpaired) electrons. The molecule has 2 aromatic carbocycles. The zero-order valence-corrected chi connectivity index (χ0v) is 18.3. The first-order valence-corrected chi connectivity index (χ1v) is 11.4. The maximum atomic E-state index is 13.0. The number of aliphatic hydroxyl groups excluding tert-OH is 2. The van der Waals surface area contributed by atoms with Crippen LogP contribution in [-0.2, 0) is 10.9 Å². The maximum Gasteiger partial charge on any atom is 0.434 e. The van der Waals surface area contributed by atoms with Crippen LogP contribution in [0, 0.1) is 0 Å². The van der Waals surface area contributed by atoms with Crippen molar-refractivity contribution in [3.05, 3.63) is 72.2 Å². The molecule has 0 aliphatic carbocycles. The SMILES string of the molecule is CSc1ccc(-c2ccc([C@H]3OC[C@H](O)[C@H](O)[C@H]3Nc3cncc(C(F)(F)F)n3)cc2)cc1. The van der Waals surface area contributed by atoms with Crippen molar-refractivity contribution in [1.29, 1.82) is 0 Å². The minimum absolute atomic E-state index is 0.115. The van der Waals surface area contributed by atoms with Gasteiger partial charge in [0.25, 0.3) is 0 Å². The van der Waals surface area contributed by atoms with Crippen LogP contribution in [0.5, 0.6) is 0 Å². The minimum Gasteiger partial charge on any atom is -0.388 e. The van der Waals surface area contributed by atoms with E-state index < -0.39 is 36.2 Å². The van der Waals surface area contributed by atoms with Crippen molar-refractivity contribution in [2.45, 2.75) is 35.4 Å². The first kappa shape index (κ1) is 23.5. The van der Waals surface area contributed by atoms with E-state index in [1.54, 1.807) is 11.8 Å². The fraction of sp³-hybridized carbons (Fsp3) is 0.304. The lowest BCUT2D eigenvalue weighted by Crippen LogP contribution is -2.52. The Labute approximate surface area is 192 Å². The number of nitrogens with zero attached hydrogens (tertiary/aromatic N) is 2. The fourth-order valence-corrected chi connectivity index (χ4v) is 4.09. The third-order valence-corrected chi connectivity index (χ3v) is 6.18. The van der Waals surface area contributed by atoms with E-state index >= 15 is 0 Å². The summed E-state index contributed by atoms with van der Waals surface area (Å²) in [6.45, 7) is -0.115. The molecule has 1 aliphatic rings. The molecule has 174 valence electrons. The molecule has 0 unspecified atom stereocenters. The molecule has 10 heteroatoms. The topological polar surface area (TPSA) is 87.5 Å².